The van der Waals surface area contributed by atoms with Gasteiger partial charge in [-0.05, 0) is 38.4 Å². The minimum absolute atomic E-state index is 0.00345. The van der Waals surface area contributed by atoms with Crippen LogP contribution in [0.25, 0.3) is 0 Å². The van der Waals surface area contributed by atoms with E-state index in [4.69, 9.17) is 20.4 Å². The largest absolute Gasteiger partial charge is 0.368 e. The summed E-state index contributed by atoms with van der Waals surface area (Å²) >= 11 is 0. The molecule has 0 spiro atoms. The first kappa shape index (κ1) is 15.4. The molecule has 1 aromatic heterocycles. The molecule has 1 atom stereocenters. The van der Waals surface area contributed by atoms with Crippen molar-refractivity contribution in [2.75, 3.05) is 33.3 Å². The van der Waals surface area contributed by atoms with Gasteiger partial charge in [-0.15, -0.1) is 0 Å². The van der Waals surface area contributed by atoms with Crippen molar-refractivity contribution in [2.45, 2.75) is 39.2 Å². The Balaban J connectivity index is 2.34. The lowest BCUT2D eigenvalue weighted by Crippen LogP contribution is -2.36. The molecule has 5 heteroatoms. The van der Waals surface area contributed by atoms with Gasteiger partial charge in [-0.1, -0.05) is 13.8 Å². The first-order valence-electron chi connectivity index (χ1n) is 7.58. The normalized spacial score (nSPS) is 20.3. The monoisotopic (exact) mass is 278 g/mol. The minimum Gasteiger partial charge on any atom is -0.368 e. The maximum absolute atomic E-state index is 5.84. The number of hydrogen-bond donors (Lipinski definition) is 1. The predicted octanol–water partition coefficient (Wildman–Crippen LogP) is 1.11. The number of nitrogens with zero attached hydrogens (tertiary/aromatic N) is 3. The molecule has 1 fully saturated rings. The number of hydrogen-bond acceptors (Lipinski definition) is 5. The van der Waals surface area contributed by atoms with E-state index in [-0.39, 0.29) is 6.10 Å². The summed E-state index contributed by atoms with van der Waals surface area (Å²) in [5.41, 5.74) is 9.23. The Morgan fingerprint density at radius 3 is 2.40 bits per heavy atom. The second-order valence-electron chi connectivity index (χ2n) is 5.32. The van der Waals surface area contributed by atoms with Crippen LogP contribution in [-0.4, -0.2) is 48.2 Å². The van der Waals surface area contributed by atoms with Crippen molar-refractivity contribution in [3.63, 3.8) is 0 Å². The van der Waals surface area contributed by atoms with E-state index >= 15 is 0 Å². The van der Waals surface area contributed by atoms with E-state index < -0.39 is 0 Å². The molecule has 1 unspecified atom stereocenters. The molecule has 1 saturated heterocycles. The van der Waals surface area contributed by atoms with E-state index in [9.17, 15) is 0 Å². The van der Waals surface area contributed by atoms with Gasteiger partial charge >= 0.3 is 0 Å². The fourth-order valence-corrected chi connectivity index (χ4v) is 2.70. The molecule has 2 heterocycles. The third kappa shape index (κ3) is 3.34. The number of nitrogens with two attached hydrogens (primary N) is 1. The molecule has 2 rings (SSSR count). The summed E-state index contributed by atoms with van der Waals surface area (Å²) in [4.78, 5) is 11.8. The topological polar surface area (TPSA) is 64.3 Å². The van der Waals surface area contributed by atoms with Crippen molar-refractivity contribution in [2.24, 2.45) is 5.73 Å². The van der Waals surface area contributed by atoms with E-state index in [2.05, 4.69) is 25.8 Å². The second kappa shape index (κ2) is 7.11. The third-order valence-electron chi connectivity index (χ3n) is 3.82. The van der Waals surface area contributed by atoms with Gasteiger partial charge in [0, 0.05) is 24.5 Å². The van der Waals surface area contributed by atoms with Crippen molar-refractivity contribution in [3.8, 4) is 0 Å². The van der Waals surface area contributed by atoms with Crippen molar-refractivity contribution < 1.29 is 4.74 Å². The Hall–Kier alpha value is -1.04. The van der Waals surface area contributed by atoms with E-state index in [1.54, 1.807) is 0 Å². The highest BCUT2D eigenvalue weighted by Gasteiger charge is 2.24. The van der Waals surface area contributed by atoms with Gasteiger partial charge in [0.25, 0.3) is 0 Å². The summed E-state index contributed by atoms with van der Waals surface area (Å²) in [5, 5.41) is 0. The van der Waals surface area contributed by atoms with Gasteiger partial charge in [0.1, 0.15) is 6.10 Å². The van der Waals surface area contributed by atoms with Crippen LogP contribution >= 0.6 is 0 Å². The summed E-state index contributed by atoms with van der Waals surface area (Å²) < 4.78 is 5.84. The van der Waals surface area contributed by atoms with Crippen LogP contribution < -0.4 is 5.73 Å². The number of morpholine rings is 1. The molecule has 5 nitrogen and oxygen atoms in total. The first-order chi connectivity index (χ1) is 9.69. The van der Waals surface area contributed by atoms with Gasteiger partial charge in [0.15, 0.2) is 5.82 Å². The maximum Gasteiger partial charge on any atom is 0.158 e. The standard InChI is InChI=1S/C15H26N4O/c1-4-12-11(6-7-16)13(5-2)18-15(17-12)14-10-19(3)8-9-20-14/h14H,4-10,16H2,1-3H3. The molecule has 0 bridgehead atoms. The first-order valence-corrected chi connectivity index (χ1v) is 7.58. The zero-order valence-electron chi connectivity index (χ0n) is 12.9. The molecule has 112 valence electrons. The summed E-state index contributed by atoms with van der Waals surface area (Å²) in [6.45, 7) is 7.51. The van der Waals surface area contributed by atoms with Gasteiger partial charge in [-0.25, -0.2) is 9.97 Å². The average Bonchev–Trinajstić information content (AvgIpc) is 2.47. The highest BCUT2D eigenvalue weighted by atomic mass is 16.5. The molecular weight excluding hydrogens is 252 g/mol. The van der Waals surface area contributed by atoms with Crippen LogP contribution in [0.4, 0.5) is 0 Å². The summed E-state index contributed by atoms with van der Waals surface area (Å²) in [7, 11) is 2.11. The van der Waals surface area contributed by atoms with E-state index in [1.807, 2.05) is 0 Å². The van der Waals surface area contributed by atoms with Gasteiger partial charge in [-0.3, -0.25) is 0 Å². The van der Waals surface area contributed by atoms with Crippen LogP contribution in [0.15, 0.2) is 0 Å². The quantitative estimate of drug-likeness (QED) is 0.874. The predicted molar refractivity (Wildman–Crippen MR) is 79.7 cm³/mol. The molecule has 1 aliphatic heterocycles. The lowest BCUT2D eigenvalue weighted by atomic mass is 10.0. The Morgan fingerprint density at radius 1 is 1.25 bits per heavy atom. The fraction of sp³-hybridized carbons (Fsp3) is 0.733. The van der Waals surface area contributed by atoms with Crippen molar-refractivity contribution >= 4 is 0 Å². The molecule has 0 aromatic carbocycles. The Bertz CT molecular complexity index is 424. The van der Waals surface area contributed by atoms with Crippen LogP contribution in [0.2, 0.25) is 0 Å². The van der Waals surface area contributed by atoms with E-state index in [1.165, 1.54) is 5.56 Å². The molecule has 0 aliphatic carbocycles. The van der Waals surface area contributed by atoms with Crippen molar-refractivity contribution in [3.05, 3.63) is 22.8 Å². The third-order valence-corrected chi connectivity index (χ3v) is 3.82. The minimum atomic E-state index is -0.00345. The maximum atomic E-state index is 5.84. The SMILES string of the molecule is CCc1nc(C2CN(C)CCO2)nc(CC)c1CCN. The van der Waals surface area contributed by atoms with Crippen molar-refractivity contribution in [1.29, 1.82) is 0 Å². The summed E-state index contributed by atoms with van der Waals surface area (Å²) in [6.07, 6.45) is 2.69. The lowest BCUT2D eigenvalue weighted by molar-refractivity contribution is -0.0257. The molecule has 20 heavy (non-hydrogen) atoms. The zero-order valence-corrected chi connectivity index (χ0v) is 12.9. The second-order valence-corrected chi connectivity index (χ2v) is 5.32. The number of aryl methyl sites for hydroxylation is 2. The molecule has 0 amide bonds. The molecule has 0 radical (unpaired) electrons. The van der Waals surface area contributed by atoms with Gasteiger partial charge in [0.05, 0.1) is 6.61 Å². The van der Waals surface area contributed by atoms with E-state index in [0.29, 0.717) is 6.54 Å². The average molecular weight is 278 g/mol. The summed E-state index contributed by atoms with van der Waals surface area (Å²) in [6, 6.07) is 0. The zero-order chi connectivity index (χ0) is 14.5. The number of likely N-dealkylation sites (N-methyl/N-ethyl adjacent to an activating group) is 1. The number of rotatable bonds is 5. The van der Waals surface area contributed by atoms with E-state index in [0.717, 1.165) is 56.2 Å². The highest BCUT2D eigenvalue weighted by molar-refractivity contribution is 5.27. The van der Waals surface area contributed by atoms with Crippen LogP contribution in [-0.2, 0) is 24.0 Å². The Morgan fingerprint density at radius 2 is 1.90 bits per heavy atom. The van der Waals surface area contributed by atoms with Crippen molar-refractivity contribution in [1.82, 2.24) is 14.9 Å². The summed E-state index contributed by atoms with van der Waals surface area (Å²) in [5.74, 6) is 0.839. The van der Waals surface area contributed by atoms with Crippen LogP contribution in [0.5, 0.6) is 0 Å². The molecule has 1 aromatic rings. The lowest BCUT2D eigenvalue weighted by Gasteiger charge is -2.29. The molecule has 0 saturated carbocycles. The van der Waals surface area contributed by atoms with Gasteiger partial charge in [0.2, 0.25) is 0 Å². The smallest absolute Gasteiger partial charge is 0.158 e. The van der Waals surface area contributed by atoms with Gasteiger partial charge < -0.3 is 15.4 Å². The van der Waals surface area contributed by atoms with Crippen LogP contribution in [0.1, 0.15) is 42.7 Å². The molecule has 2 N–H and O–H groups in total. The molecule has 1 aliphatic rings. The highest BCUT2D eigenvalue weighted by Crippen LogP contribution is 2.22. The number of ether oxygens (including phenoxy) is 1. The van der Waals surface area contributed by atoms with Crippen LogP contribution in [0.3, 0.4) is 0 Å². The van der Waals surface area contributed by atoms with Crippen LogP contribution in [0, 0.1) is 0 Å². The molecular formula is C15H26N4O. The Labute approximate surface area is 121 Å². The fourth-order valence-electron chi connectivity index (χ4n) is 2.70. The Kier molecular flexibility index (Phi) is 5.46. The number of aromatic nitrogens is 2. The van der Waals surface area contributed by atoms with Gasteiger partial charge in [-0.2, -0.15) is 0 Å².